The number of halogens is 3. The van der Waals surface area contributed by atoms with Gasteiger partial charge in [0.15, 0.2) is 11.6 Å². The number of nitrogens with two attached hydrogens (primary N) is 1. The lowest BCUT2D eigenvalue weighted by Gasteiger charge is -2.11. The SMILES string of the molecule is Nc1nc(-c2ccco2)ncc1C(=O)NCc1cccc(OC(F)(F)F)c1. The van der Waals surface area contributed by atoms with Crippen molar-refractivity contribution in [3.63, 3.8) is 0 Å². The van der Waals surface area contributed by atoms with Crippen molar-refractivity contribution in [1.29, 1.82) is 0 Å². The molecule has 0 saturated carbocycles. The third-order valence-corrected chi connectivity index (χ3v) is 3.39. The van der Waals surface area contributed by atoms with Crippen molar-refractivity contribution in [3.05, 3.63) is 60.0 Å². The summed E-state index contributed by atoms with van der Waals surface area (Å²) < 4.78 is 45.8. The first-order valence-corrected chi connectivity index (χ1v) is 7.61. The summed E-state index contributed by atoms with van der Waals surface area (Å²) in [6.07, 6.45) is -2.09. The molecule has 0 atom stereocenters. The highest BCUT2D eigenvalue weighted by Crippen LogP contribution is 2.23. The molecule has 0 saturated heterocycles. The summed E-state index contributed by atoms with van der Waals surface area (Å²) in [4.78, 5) is 20.3. The third-order valence-electron chi connectivity index (χ3n) is 3.39. The molecule has 1 aromatic carbocycles. The Kier molecular flexibility index (Phi) is 4.97. The number of nitrogens with one attached hydrogen (secondary N) is 1. The number of furan rings is 1. The maximum Gasteiger partial charge on any atom is 0.573 e. The molecule has 0 radical (unpaired) electrons. The number of rotatable bonds is 5. The molecule has 27 heavy (non-hydrogen) atoms. The zero-order valence-corrected chi connectivity index (χ0v) is 13.7. The zero-order valence-electron chi connectivity index (χ0n) is 13.7. The van der Waals surface area contributed by atoms with Crippen LogP contribution in [0.1, 0.15) is 15.9 Å². The maximum absolute atomic E-state index is 12.3. The van der Waals surface area contributed by atoms with Gasteiger partial charge in [-0.05, 0) is 29.8 Å². The number of hydrogen-bond donors (Lipinski definition) is 2. The number of nitrogen functional groups attached to an aromatic ring is 1. The lowest BCUT2D eigenvalue weighted by atomic mass is 10.2. The Bertz CT molecular complexity index is 943. The fourth-order valence-electron chi connectivity index (χ4n) is 2.22. The summed E-state index contributed by atoms with van der Waals surface area (Å²) >= 11 is 0. The number of carbonyl (C=O) groups is 1. The van der Waals surface area contributed by atoms with Crippen molar-refractivity contribution >= 4 is 11.7 Å². The fraction of sp³-hybridized carbons (Fsp3) is 0.118. The van der Waals surface area contributed by atoms with E-state index in [-0.39, 0.29) is 29.5 Å². The van der Waals surface area contributed by atoms with Crippen LogP contribution in [0.5, 0.6) is 5.75 Å². The first-order valence-electron chi connectivity index (χ1n) is 7.61. The van der Waals surface area contributed by atoms with Crippen LogP contribution in [0.3, 0.4) is 0 Å². The fourth-order valence-corrected chi connectivity index (χ4v) is 2.22. The van der Waals surface area contributed by atoms with Gasteiger partial charge in [0, 0.05) is 12.7 Å². The molecule has 140 valence electrons. The lowest BCUT2D eigenvalue weighted by molar-refractivity contribution is -0.274. The van der Waals surface area contributed by atoms with Gasteiger partial charge in [0.2, 0.25) is 0 Å². The van der Waals surface area contributed by atoms with Crippen LogP contribution in [-0.2, 0) is 6.54 Å². The average molecular weight is 378 g/mol. The van der Waals surface area contributed by atoms with Gasteiger partial charge in [0.1, 0.15) is 11.6 Å². The molecule has 2 aromatic heterocycles. The molecular weight excluding hydrogens is 365 g/mol. The molecule has 0 aliphatic carbocycles. The van der Waals surface area contributed by atoms with Crippen molar-refractivity contribution in [2.24, 2.45) is 0 Å². The molecule has 0 aliphatic heterocycles. The molecule has 0 spiro atoms. The highest BCUT2D eigenvalue weighted by molar-refractivity contribution is 5.98. The van der Waals surface area contributed by atoms with E-state index in [0.717, 1.165) is 6.07 Å². The van der Waals surface area contributed by atoms with Crippen molar-refractivity contribution in [2.45, 2.75) is 12.9 Å². The normalized spacial score (nSPS) is 11.2. The monoisotopic (exact) mass is 378 g/mol. The van der Waals surface area contributed by atoms with Gasteiger partial charge >= 0.3 is 6.36 Å². The van der Waals surface area contributed by atoms with Gasteiger partial charge < -0.3 is 20.2 Å². The topological polar surface area (TPSA) is 103 Å². The van der Waals surface area contributed by atoms with Crippen LogP contribution in [0.15, 0.2) is 53.3 Å². The van der Waals surface area contributed by atoms with E-state index in [9.17, 15) is 18.0 Å². The van der Waals surface area contributed by atoms with Gasteiger partial charge in [-0.1, -0.05) is 12.1 Å². The van der Waals surface area contributed by atoms with Crippen LogP contribution < -0.4 is 15.8 Å². The first kappa shape index (κ1) is 18.2. The Hall–Kier alpha value is -3.56. The molecule has 3 aromatic rings. The second-order valence-corrected chi connectivity index (χ2v) is 5.35. The van der Waals surface area contributed by atoms with E-state index in [2.05, 4.69) is 20.0 Å². The quantitative estimate of drug-likeness (QED) is 0.707. The number of aromatic nitrogens is 2. The van der Waals surface area contributed by atoms with Gasteiger partial charge in [-0.15, -0.1) is 13.2 Å². The minimum Gasteiger partial charge on any atom is -0.461 e. The van der Waals surface area contributed by atoms with Crippen molar-refractivity contribution in [3.8, 4) is 17.3 Å². The van der Waals surface area contributed by atoms with E-state index in [1.54, 1.807) is 18.2 Å². The molecule has 10 heteroatoms. The number of nitrogens with zero attached hydrogens (tertiary/aromatic N) is 2. The van der Waals surface area contributed by atoms with Crippen molar-refractivity contribution in [2.75, 3.05) is 5.73 Å². The highest BCUT2D eigenvalue weighted by atomic mass is 19.4. The van der Waals surface area contributed by atoms with Gasteiger partial charge in [-0.2, -0.15) is 0 Å². The van der Waals surface area contributed by atoms with Crippen LogP contribution in [-0.4, -0.2) is 22.2 Å². The predicted octanol–water partition coefficient (Wildman–Crippen LogP) is 3.15. The van der Waals surface area contributed by atoms with Crippen molar-refractivity contribution in [1.82, 2.24) is 15.3 Å². The van der Waals surface area contributed by atoms with Gasteiger partial charge in [-0.25, -0.2) is 9.97 Å². The zero-order chi connectivity index (χ0) is 19.4. The summed E-state index contributed by atoms with van der Waals surface area (Å²) in [5, 5.41) is 2.54. The predicted molar refractivity (Wildman–Crippen MR) is 88.4 cm³/mol. The summed E-state index contributed by atoms with van der Waals surface area (Å²) in [6, 6.07) is 8.57. The smallest absolute Gasteiger partial charge is 0.461 e. The molecule has 0 bridgehead atoms. The van der Waals surface area contributed by atoms with Crippen LogP contribution >= 0.6 is 0 Å². The second-order valence-electron chi connectivity index (χ2n) is 5.35. The largest absolute Gasteiger partial charge is 0.573 e. The molecular formula is C17H13F3N4O3. The minimum absolute atomic E-state index is 0.0345. The highest BCUT2D eigenvalue weighted by Gasteiger charge is 2.31. The van der Waals surface area contributed by atoms with E-state index in [1.165, 1.54) is 24.6 Å². The molecule has 0 fully saturated rings. The molecule has 3 rings (SSSR count). The molecule has 7 nitrogen and oxygen atoms in total. The lowest BCUT2D eigenvalue weighted by Crippen LogP contribution is -2.24. The summed E-state index contributed by atoms with van der Waals surface area (Å²) in [6.45, 7) is -0.0345. The number of ether oxygens (including phenoxy) is 1. The number of hydrogen-bond acceptors (Lipinski definition) is 6. The number of alkyl halides is 3. The van der Waals surface area contributed by atoms with Crippen LogP contribution in [0.4, 0.5) is 19.0 Å². The average Bonchev–Trinajstić information content (AvgIpc) is 3.13. The number of carbonyl (C=O) groups excluding carboxylic acids is 1. The summed E-state index contributed by atoms with van der Waals surface area (Å²) in [5.74, 6) is -0.371. The van der Waals surface area contributed by atoms with E-state index >= 15 is 0 Å². The Balaban J connectivity index is 1.67. The standard InChI is InChI=1S/C17H13F3N4O3/c18-17(19,20)27-11-4-1-3-10(7-11)8-23-16(25)12-9-22-15(24-14(12)21)13-5-2-6-26-13/h1-7,9H,8H2,(H,23,25)(H2,21,22,24). The second kappa shape index (κ2) is 7.36. The summed E-state index contributed by atoms with van der Waals surface area (Å²) in [5.41, 5.74) is 6.24. The molecule has 0 unspecified atom stereocenters. The molecule has 0 aliphatic rings. The minimum atomic E-state index is -4.79. The summed E-state index contributed by atoms with van der Waals surface area (Å²) in [7, 11) is 0. The third kappa shape index (κ3) is 4.75. The molecule has 3 N–H and O–H groups in total. The maximum atomic E-state index is 12.3. The molecule has 1 amide bonds. The Morgan fingerprint density at radius 2 is 2.07 bits per heavy atom. The van der Waals surface area contributed by atoms with Gasteiger partial charge in [-0.3, -0.25) is 4.79 Å². The van der Waals surface area contributed by atoms with Crippen LogP contribution in [0, 0.1) is 0 Å². The van der Waals surface area contributed by atoms with E-state index in [0.29, 0.717) is 11.3 Å². The number of amides is 1. The van der Waals surface area contributed by atoms with Crippen LogP contribution in [0.2, 0.25) is 0 Å². The Morgan fingerprint density at radius 3 is 2.74 bits per heavy atom. The number of benzene rings is 1. The van der Waals surface area contributed by atoms with E-state index < -0.39 is 12.3 Å². The first-order chi connectivity index (χ1) is 12.8. The van der Waals surface area contributed by atoms with Crippen LogP contribution in [0.25, 0.3) is 11.6 Å². The Morgan fingerprint density at radius 1 is 1.26 bits per heavy atom. The van der Waals surface area contributed by atoms with Gasteiger partial charge in [0.25, 0.3) is 5.91 Å². The van der Waals surface area contributed by atoms with Gasteiger partial charge in [0.05, 0.1) is 11.8 Å². The molecule has 2 heterocycles. The van der Waals surface area contributed by atoms with Crippen molar-refractivity contribution < 1.29 is 27.1 Å². The Labute approximate surface area is 151 Å². The van der Waals surface area contributed by atoms with E-state index in [4.69, 9.17) is 10.2 Å². The van der Waals surface area contributed by atoms with E-state index in [1.807, 2.05) is 0 Å². The number of anilines is 1.